The monoisotopic (exact) mass is 366 g/mol. The normalized spacial score (nSPS) is 31.6. The Balaban J connectivity index is 1.44. The number of hydrogen-bond donors (Lipinski definition) is 2. The molecule has 0 aromatic heterocycles. The average molecular weight is 367 g/mol. The van der Waals surface area contributed by atoms with Gasteiger partial charge in [0.25, 0.3) is 0 Å². The van der Waals surface area contributed by atoms with Gasteiger partial charge in [-0.3, -0.25) is 9.89 Å². The van der Waals surface area contributed by atoms with Crippen molar-refractivity contribution >= 4 is 5.96 Å². The van der Waals surface area contributed by atoms with Gasteiger partial charge in [-0.25, -0.2) is 0 Å². The second kappa shape index (κ2) is 8.89. The maximum Gasteiger partial charge on any atom is 0.191 e. The van der Waals surface area contributed by atoms with Gasteiger partial charge in [0, 0.05) is 51.3 Å². The molecule has 0 aromatic carbocycles. The molecule has 3 fully saturated rings. The summed E-state index contributed by atoms with van der Waals surface area (Å²) in [5, 5.41) is 7.15. The van der Waals surface area contributed by atoms with Gasteiger partial charge in [0.05, 0.1) is 18.8 Å². The lowest BCUT2D eigenvalue weighted by atomic mass is 9.51. The number of guanidine groups is 1. The summed E-state index contributed by atoms with van der Waals surface area (Å²) in [6.45, 7) is 12.3. The highest BCUT2D eigenvalue weighted by atomic mass is 16.5. The molecule has 1 aliphatic heterocycles. The number of morpholine rings is 1. The molecule has 1 spiro atoms. The van der Waals surface area contributed by atoms with Crippen molar-refractivity contribution in [1.29, 1.82) is 0 Å². The highest BCUT2D eigenvalue weighted by Crippen LogP contribution is 2.57. The zero-order valence-corrected chi connectivity index (χ0v) is 17.1. The van der Waals surface area contributed by atoms with Gasteiger partial charge in [-0.2, -0.15) is 0 Å². The van der Waals surface area contributed by atoms with Crippen LogP contribution in [-0.4, -0.2) is 75.5 Å². The Kier molecular flexibility index (Phi) is 6.81. The lowest BCUT2D eigenvalue weighted by Crippen LogP contribution is -2.68. The molecule has 2 N–H and O–H groups in total. The third-order valence-electron chi connectivity index (χ3n) is 6.32. The molecule has 3 unspecified atom stereocenters. The van der Waals surface area contributed by atoms with Crippen molar-refractivity contribution in [3.63, 3.8) is 0 Å². The van der Waals surface area contributed by atoms with E-state index in [1.54, 1.807) is 0 Å². The lowest BCUT2D eigenvalue weighted by molar-refractivity contribution is -0.168. The summed E-state index contributed by atoms with van der Waals surface area (Å²) in [5.41, 5.74) is 0.350. The van der Waals surface area contributed by atoms with Crippen molar-refractivity contribution in [1.82, 2.24) is 15.5 Å². The van der Waals surface area contributed by atoms with Crippen LogP contribution in [0.4, 0.5) is 0 Å². The Morgan fingerprint density at radius 3 is 2.81 bits per heavy atom. The van der Waals surface area contributed by atoms with Crippen LogP contribution in [0.2, 0.25) is 0 Å². The lowest BCUT2D eigenvalue weighted by Gasteiger charge is -2.61. The Morgan fingerprint density at radius 2 is 2.19 bits per heavy atom. The summed E-state index contributed by atoms with van der Waals surface area (Å²) in [7, 11) is 1.86. The van der Waals surface area contributed by atoms with Crippen molar-refractivity contribution in [2.75, 3.05) is 46.4 Å². The third kappa shape index (κ3) is 4.34. The Bertz CT molecular complexity index is 478. The topological polar surface area (TPSA) is 58.1 Å². The van der Waals surface area contributed by atoms with E-state index in [4.69, 9.17) is 9.47 Å². The predicted molar refractivity (Wildman–Crippen MR) is 106 cm³/mol. The Hall–Kier alpha value is -0.850. The van der Waals surface area contributed by atoms with Gasteiger partial charge >= 0.3 is 0 Å². The predicted octanol–water partition coefficient (Wildman–Crippen LogP) is 1.86. The van der Waals surface area contributed by atoms with Crippen LogP contribution in [0, 0.1) is 11.3 Å². The van der Waals surface area contributed by atoms with Crippen LogP contribution in [0.25, 0.3) is 0 Å². The molecule has 3 aliphatic rings. The number of rotatable bonds is 7. The molecular weight excluding hydrogens is 328 g/mol. The standard InChI is InChI=1S/C20H38N4O2/c1-5-25-18-11-17(20(18)7-6-8-20)23-19(21-4)22-12-16-14-24(9-10-26-16)13-15(2)3/h15-18H,5-14H2,1-4H3,(H2,21,22,23). The Labute approximate surface area is 159 Å². The van der Waals surface area contributed by atoms with Gasteiger partial charge in [-0.1, -0.05) is 20.3 Å². The number of ether oxygens (including phenoxy) is 2. The molecule has 1 saturated heterocycles. The summed E-state index contributed by atoms with van der Waals surface area (Å²) in [6, 6.07) is 0.490. The fourth-order valence-electron chi connectivity index (χ4n) is 4.80. The SMILES string of the molecule is CCOC1CC(NC(=NC)NCC2CN(CC(C)C)CCO2)C12CCC2. The first-order chi connectivity index (χ1) is 12.6. The summed E-state index contributed by atoms with van der Waals surface area (Å²) in [6.07, 6.45) is 5.65. The van der Waals surface area contributed by atoms with Gasteiger partial charge in [-0.05, 0) is 32.1 Å². The fraction of sp³-hybridized carbons (Fsp3) is 0.950. The maximum atomic E-state index is 5.95. The molecule has 6 nitrogen and oxygen atoms in total. The van der Waals surface area contributed by atoms with Crippen LogP contribution in [0.3, 0.4) is 0 Å². The molecule has 3 atom stereocenters. The minimum absolute atomic E-state index is 0.233. The largest absolute Gasteiger partial charge is 0.378 e. The molecular formula is C20H38N4O2. The highest BCUT2D eigenvalue weighted by Gasteiger charge is 2.59. The minimum atomic E-state index is 0.233. The number of nitrogens with zero attached hydrogens (tertiary/aromatic N) is 2. The molecule has 0 amide bonds. The molecule has 150 valence electrons. The van der Waals surface area contributed by atoms with Crippen LogP contribution >= 0.6 is 0 Å². The molecule has 6 heteroatoms. The van der Waals surface area contributed by atoms with Crippen molar-refractivity contribution < 1.29 is 9.47 Å². The third-order valence-corrected chi connectivity index (χ3v) is 6.32. The van der Waals surface area contributed by atoms with Crippen LogP contribution in [0.15, 0.2) is 4.99 Å². The zero-order valence-electron chi connectivity index (χ0n) is 17.1. The minimum Gasteiger partial charge on any atom is -0.378 e. The molecule has 0 aromatic rings. The van der Waals surface area contributed by atoms with Crippen molar-refractivity contribution in [2.45, 2.75) is 64.7 Å². The van der Waals surface area contributed by atoms with E-state index in [2.05, 4.69) is 41.3 Å². The summed E-state index contributed by atoms with van der Waals surface area (Å²) < 4.78 is 11.9. The zero-order chi connectivity index (χ0) is 18.6. The first-order valence-electron chi connectivity index (χ1n) is 10.5. The maximum absolute atomic E-state index is 5.95. The average Bonchev–Trinajstić information content (AvgIpc) is 2.55. The second-order valence-electron chi connectivity index (χ2n) is 8.56. The number of hydrogen-bond acceptors (Lipinski definition) is 4. The van der Waals surface area contributed by atoms with E-state index < -0.39 is 0 Å². The number of nitrogens with one attached hydrogen (secondary N) is 2. The molecule has 26 heavy (non-hydrogen) atoms. The van der Waals surface area contributed by atoms with Gasteiger partial charge in [-0.15, -0.1) is 0 Å². The van der Waals surface area contributed by atoms with Crippen LogP contribution in [0.1, 0.15) is 46.5 Å². The van der Waals surface area contributed by atoms with Gasteiger partial charge in [0.2, 0.25) is 0 Å². The number of aliphatic imine (C=N–C) groups is 1. The van der Waals surface area contributed by atoms with Gasteiger partial charge in [0.15, 0.2) is 5.96 Å². The highest BCUT2D eigenvalue weighted by molar-refractivity contribution is 5.80. The smallest absolute Gasteiger partial charge is 0.191 e. The van der Waals surface area contributed by atoms with Crippen molar-refractivity contribution in [3.8, 4) is 0 Å². The van der Waals surface area contributed by atoms with E-state index in [9.17, 15) is 0 Å². The van der Waals surface area contributed by atoms with Crippen molar-refractivity contribution in [3.05, 3.63) is 0 Å². The first kappa shape index (κ1) is 19.9. The summed E-state index contributed by atoms with van der Waals surface area (Å²) in [4.78, 5) is 6.95. The van der Waals surface area contributed by atoms with Gasteiger partial charge in [0.1, 0.15) is 0 Å². The van der Waals surface area contributed by atoms with E-state index in [1.807, 2.05) is 7.05 Å². The Morgan fingerprint density at radius 1 is 1.38 bits per heavy atom. The first-order valence-corrected chi connectivity index (χ1v) is 10.5. The van der Waals surface area contributed by atoms with E-state index in [0.29, 0.717) is 23.5 Å². The molecule has 3 rings (SSSR count). The summed E-state index contributed by atoms with van der Waals surface area (Å²) in [5.74, 6) is 1.60. The van der Waals surface area contributed by atoms with Crippen LogP contribution in [-0.2, 0) is 9.47 Å². The fourth-order valence-corrected chi connectivity index (χ4v) is 4.80. The molecule has 1 heterocycles. The molecule has 2 aliphatic carbocycles. The molecule has 0 radical (unpaired) electrons. The van der Waals surface area contributed by atoms with E-state index >= 15 is 0 Å². The molecule has 2 saturated carbocycles. The quantitative estimate of drug-likeness (QED) is 0.532. The van der Waals surface area contributed by atoms with Crippen molar-refractivity contribution in [2.24, 2.45) is 16.3 Å². The molecule has 0 bridgehead atoms. The van der Waals surface area contributed by atoms with Crippen LogP contribution < -0.4 is 10.6 Å². The van der Waals surface area contributed by atoms with E-state index in [0.717, 1.165) is 51.8 Å². The van der Waals surface area contributed by atoms with E-state index in [-0.39, 0.29) is 6.10 Å². The van der Waals surface area contributed by atoms with Gasteiger partial charge < -0.3 is 20.1 Å². The van der Waals surface area contributed by atoms with E-state index in [1.165, 1.54) is 19.3 Å². The second-order valence-corrected chi connectivity index (χ2v) is 8.56. The van der Waals surface area contributed by atoms with Crippen LogP contribution in [0.5, 0.6) is 0 Å². The summed E-state index contributed by atoms with van der Waals surface area (Å²) >= 11 is 0.